The number of halogens is 1. The van der Waals surface area contributed by atoms with Crippen LogP contribution in [0.5, 0.6) is 17.2 Å². The molecule has 0 aliphatic rings. The average molecular weight is 333 g/mol. The highest BCUT2D eigenvalue weighted by molar-refractivity contribution is 5.78. The van der Waals surface area contributed by atoms with Crippen LogP contribution in [0.15, 0.2) is 42.5 Å². The Kier molecular flexibility index (Phi) is 6.01. The molecule has 1 amide bonds. The highest BCUT2D eigenvalue weighted by Crippen LogP contribution is 2.29. The SMILES string of the molecule is COc1ccc(OC)c([C@H](C)NC(=O)COc2ccc(F)cc2)c1. The summed E-state index contributed by atoms with van der Waals surface area (Å²) in [7, 11) is 3.14. The van der Waals surface area contributed by atoms with Crippen LogP contribution >= 0.6 is 0 Å². The summed E-state index contributed by atoms with van der Waals surface area (Å²) in [6.07, 6.45) is 0. The van der Waals surface area contributed by atoms with Crippen molar-refractivity contribution in [3.63, 3.8) is 0 Å². The van der Waals surface area contributed by atoms with E-state index in [-0.39, 0.29) is 24.4 Å². The van der Waals surface area contributed by atoms with Gasteiger partial charge in [0.25, 0.3) is 5.91 Å². The zero-order valence-corrected chi connectivity index (χ0v) is 13.8. The van der Waals surface area contributed by atoms with Gasteiger partial charge in [-0.05, 0) is 49.4 Å². The molecule has 2 aromatic carbocycles. The van der Waals surface area contributed by atoms with Gasteiger partial charge in [0.15, 0.2) is 6.61 Å². The van der Waals surface area contributed by atoms with Crippen LogP contribution in [0.25, 0.3) is 0 Å². The molecule has 6 heteroatoms. The fraction of sp³-hybridized carbons (Fsp3) is 0.278. The van der Waals surface area contributed by atoms with Gasteiger partial charge in [-0.15, -0.1) is 0 Å². The third-order valence-corrected chi connectivity index (χ3v) is 3.46. The minimum atomic E-state index is -0.356. The summed E-state index contributed by atoms with van der Waals surface area (Å²) in [5, 5.41) is 2.83. The molecule has 24 heavy (non-hydrogen) atoms. The second-order valence-corrected chi connectivity index (χ2v) is 5.14. The number of hydrogen-bond acceptors (Lipinski definition) is 4. The minimum Gasteiger partial charge on any atom is -0.497 e. The molecule has 0 radical (unpaired) electrons. The molecule has 128 valence electrons. The lowest BCUT2D eigenvalue weighted by Gasteiger charge is -2.18. The van der Waals surface area contributed by atoms with Gasteiger partial charge in [-0.1, -0.05) is 0 Å². The third kappa shape index (κ3) is 4.62. The highest BCUT2D eigenvalue weighted by atomic mass is 19.1. The summed E-state index contributed by atoms with van der Waals surface area (Å²) in [4.78, 5) is 12.0. The second-order valence-electron chi connectivity index (χ2n) is 5.14. The molecule has 5 nitrogen and oxygen atoms in total. The quantitative estimate of drug-likeness (QED) is 0.846. The minimum absolute atomic E-state index is 0.164. The van der Waals surface area contributed by atoms with Gasteiger partial charge in [-0.3, -0.25) is 4.79 Å². The van der Waals surface area contributed by atoms with E-state index in [9.17, 15) is 9.18 Å². The number of nitrogens with one attached hydrogen (secondary N) is 1. The predicted molar refractivity (Wildman–Crippen MR) is 88.0 cm³/mol. The van der Waals surface area contributed by atoms with E-state index in [0.29, 0.717) is 17.2 Å². The number of hydrogen-bond donors (Lipinski definition) is 1. The molecular weight excluding hydrogens is 313 g/mol. The summed E-state index contributed by atoms with van der Waals surface area (Å²) >= 11 is 0. The van der Waals surface area contributed by atoms with E-state index in [1.165, 1.54) is 24.3 Å². The molecule has 2 aromatic rings. The van der Waals surface area contributed by atoms with Crippen LogP contribution in [-0.2, 0) is 4.79 Å². The lowest BCUT2D eigenvalue weighted by atomic mass is 10.1. The zero-order chi connectivity index (χ0) is 17.5. The summed E-state index contributed by atoms with van der Waals surface area (Å²) in [5.41, 5.74) is 0.798. The van der Waals surface area contributed by atoms with Crippen molar-refractivity contribution in [3.05, 3.63) is 53.8 Å². The van der Waals surface area contributed by atoms with Crippen LogP contribution in [0.1, 0.15) is 18.5 Å². The Hall–Kier alpha value is -2.76. The summed E-state index contributed by atoms with van der Waals surface area (Å²) < 4.78 is 28.7. The molecule has 0 saturated carbocycles. The third-order valence-electron chi connectivity index (χ3n) is 3.46. The molecule has 0 fully saturated rings. The fourth-order valence-electron chi connectivity index (χ4n) is 2.22. The lowest BCUT2D eigenvalue weighted by Crippen LogP contribution is -2.31. The van der Waals surface area contributed by atoms with Crippen LogP contribution in [0.4, 0.5) is 4.39 Å². The van der Waals surface area contributed by atoms with Gasteiger partial charge in [-0.25, -0.2) is 4.39 Å². The van der Waals surface area contributed by atoms with Crippen LogP contribution in [0, 0.1) is 5.82 Å². The van der Waals surface area contributed by atoms with E-state index in [1.807, 2.05) is 13.0 Å². The number of benzene rings is 2. The number of carbonyl (C=O) groups excluding carboxylic acids is 1. The fourth-order valence-corrected chi connectivity index (χ4v) is 2.22. The molecule has 0 aromatic heterocycles. The average Bonchev–Trinajstić information content (AvgIpc) is 2.60. The Labute approximate surface area is 140 Å². The van der Waals surface area contributed by atoms with E-state index < -0.39 is 0 Å². The molecule has 0 aliphatic heterocycles. The maximum Gasteiger partial charge on any atom is 0.258 e. The van der Waals surface area contributed by atoms with Crippen molar-refractivity contribution in [2.24, 2.45) is 0 Å². The first-order chi connectivity index (χ1) is 11.5. The van der Waals surface area contributed by atoms with Crippen LogP contribution in [0.3, 0.4) is 0 Å². The Balaban J connectivity index is 1.97. The Bertz CT molecular complexity index is 688. The standard InChI is InChI=1S/C18H20FNO4/c1-12(16-10-15(22-2)8-9-17(16)23-3)20-18(21)11-24-14-6-4-13(19)5-7-14/h4-10,12H,11H2,1-3H3,(H,20,21)/t12-/m0/s1. The van der Waals surface area contributed by atoms with Crippen molar-refractivity contribution < 1.29 is 23.4 Å². The van der Waals surface area contributed by atoms with Gasteiger partial charge in [0.05, 0.1) is 20.3 Å². The van der Waals surface area contributed by atoms with Gasteiger partial charge in [-0.2, -0.15) is 0 Å². The first kappa shape index (κ1) is 17.6. The molecule has 2 rings (SSSR count). The molecular formula is C18H20FNO4. The molecule has 1 atom stereocenters. The van der Waals surface area contributed by atoms with Crippen molar-refractivity contribution in [1.29, 1.82) is 0 Å². The maximum atomic E-state index is 12.8. The summed E-state index contributed by atoms with van der Waals surface area (Å²) in [5.74, 6) is 1.11. The Morgan fingerprint density at radius 2 is 1.75 bits per heavy atom. The number of amides is 1. The molecule has 0 spiro atoms. The predicted octanol–water partition coefficient (Wildman–Crippen LogP) is 3.10. The van der Waals surface area contributed by atoms with Crippen LogP contribution in [0.2, 0.25) is 0 Å². The molecule has 0 heterocycles. The van der Waals surface area contributed by atoms with Crippen molar-refractivity contribution in [3.8, 4) is 17.2 Å². The van der Waals surface area contributed by atoms with E-state index in [4.69, 9.17) is 14.2 Å². The first-order valence-electron chi connectivity index (χ1n) is 7.43. The molecule has 0 aliphatic carbocycles. The van der Waals surface area contributed by atoms with Crippen molar-refractivity contribution in [2.45, 2.75) is 13.0 Å². The van der Waals surface area contributed by atoms with Crippen molar-refractivity contribution in [2.75, 3.05) is 20.8 Å². The maximum absolute atomic E-state index is 12.8. The van der Waals surface area contributed by atoms with Gasteiger partial charge in [0, 0.05) is 5.56 Å². The van der Waals surface area contributed by atoms with Gasteiger partial charge >= 0.3 is 0 Å². The smallest absolute Gasteiger partial charge is 0.258 e. The molecule has 0 bridgehead atoms. The van der Waals surface area contributed by atoms with Gasteiger partial charge in [0.2, 0.25) is 0 Å². The topological polar surface area (TPSA) is 56.8 Å². The summed E-state index contributed by atoms with van der Waals surface area (Å²) in [6, 6.07) is 10.6. The normalized spacial score (nSPS) is 11.5. The molecule has 0 unspecified atom stereocenters. The highest BCUT2D eigenvalue weighted by Gasteiger charge is 2.15. The number of rotatable bonds is 7. The van der Waals surface area contributed by atoms with Gasteiger partial charge in [0.1, 0.15) is 23.1 Å². The Morgan fingerprint density at radius 1 is 1.08 bits per heavy atom. The second kappa shape index (κ2) is 8.19. The Morgan fingerprint density at radius 3 is 2.38 bits per heavy atom. The lowest BCUT2D eigenvalue weighted by molar-refractivity contribution is -0.123. The largest absolute Gasteiger partial charge is 0.497 e. The molecule has 1 N–H and O–H groups in total. The van der Waals surface area contributed by atoms with E-state index in [1.54, 1.807) is 26.4 Å². The summed E-state index contributed by atoms with van der Waals surface area (Å²) in [6.45, 7) is 1.68. The first-order valence-corrected chi connectivity index (χ1v) is 7.43. The van der Waals surface area contributed by atoms with Crippen LogP contribution in [-0.4, -0.2) is 26.7 Å². The van der Waals surface area contributed by atoms with E-state index >= 15 is 0 Å². The van der Waals surface area contributed by atoms with Crippen LogP contribution < -0.4 is 19.5 Å². The van der Waals surface area contributed by atoms with E-state index in [2.05, 4.69) is 5.32 Å². The van der Waals surface area contributed by atoms with Gasteiger partial charge < -0.3 is 19.5 Å². The number of carbonyl (C=O) groups is 1. The van der Waals surface area contributed by atoms with E-state index in [0.717, 1.165) is 5.56 Å². The van der Waals surface area contributed by atoms with Crippen molar-refractivity contribution >= 4 is 5.91 Å². The monoisotopic (exact) mass is 333 g/mol. The molecule has 0 saturated heterocycles. The zero-order valence-electron chi connectivity index (χ0n) is 13.8. The number of methoxy groups -OCH3 is 2. The van der Waals surface area contributed by atoms with Crippen molar-refractivity contribution in [1.82, 2.24) is 5.32 Å². The number of ether oxygens (including phenoxy) is 3.